The highest BCUT2D eigenvalue weighted by molar-refractivity contribution is 6.31. The molecule has 5 nitrogen and oxygen atoms in total. The lowest BCUT2D eigenvalue weighted by atomic mass is 10.1. The Kier molecular flexibility index (Phi) is 2.87. The van der Waals surface area contributed by atoms with E-state index in [4.69, 9.17) is 11.6 Å². The Morgan fingerprint density at radius 2 is 2.06 bits per heavy atom. The van der Waals surface area contributed by atoms with Crippen LogP contribution in [-0.4, -0.2) is 25.7 Å². The van der Waals surface area contributed by atoms with Crippen molar-refractivity contribution in [2.45, 2.75) is 6.92 Å². The fourth-order valence-electron chi connectivity index (χ4n) is 1.27. The van der Waals surface area contributed by atoms with Crippen LogP contribution in [-0.2, 0) is 0 Å². The Balaban J connectivity index is 2.40. The van der Waals surface area contributed by atoms with Crippen LogP contribution in [0.4, 0.5) is 0 Å². The van der Waals surface area contributed by atoms with E-state index in [1.807, 2.05) is 0 Å². The highest BCUT2D eigenvalue weighted by Crippen LogP contribution is 2.22. The van der Waals surface area contributed by atoms with Crippen LogP contribution < -0.4 is 0 Å². The SMILES string of the molecule is CC(=Nn1cnnc1)c1cc(Cl)ccc1O. The highest BCUT2D eigenvalue weighted by Gasteiger charge is 2.05. The van der Waals surface area contributed by atoms with Crippen molar-refractivity contribution >= 4 is 17.3 Å². The highest BCUT2D eigenvalue weighted by atomic mass is 35.5. The molecule has 0 atom stereocenters. The van der Waals surface area contributed by atoms with Gasteiger partial charge in [-0.1, -0.05) is 11.6 Å². The van der Waals surface area contributed by atoms with E-state index in [9.17, 15) is 5.11 Å². The molecular weight excluding hydrogens is 228 g/mol. The van der Waals surface area contributed by atoms with Crippen LogP contribution in [0.5, 0.6) is 5.75 Å². The predicted octanol–water partition coefficient (Wildman–Crippen LogP) is 1.91. The Morgan fingerprint density at radius 1 is 1.38 bits per heavy atom. The van der Waals surface area contributed by atoms with E-state index in [0.717, 1.165) is 0 Å². The van der Waals surface area contributed by atoms with Gasteiger partial charge in [-0.05, 0) is 25.1 Å². The Labute approximate surface area is 97.0 Å². The zero-order chi connectivity index (χ0) is 11.5. The van der Waals surface area contributed by atoms with Crippen molar-refractivity contribution in [3.8, 4) is 5.75 Å². The summed E-state index contributed by atoms with van der Waals surface area (Å²) in [5.41, 5.74) is 1.21. The van der Waals surface area contributed by atoms with Gasteiger partial charge < -0.3 is 5.11 Å². The maximum Gasteiger partial charge on any atom is 0.141 e. The van der Waals surface area contributed by atoms with E-state index in [-0.39, 0.29) is 5.75 Å². The van der Waals surface area contributed by atoms with Crippen molar-refractivity contribution in [1.82, 2.24) is 14.9 Å². The van der Waals surface area contributed by atoms with Gasteiger partial charge in [-0.2, -0.15) is 5.10 Å². The molecule has 1 heterocycles. The molecular formula is C10H9ClN4O. The van der Waals surface area contributed by atoms with E-state index >= 15 is 0 Å². The molecule has 2 rings (SSSR count). The molecule has 0 spiro atoms. The maximum absolute atomic E-state index is 9.65. The number of phenols is 1. The molecule has 1 N–H and O–H groups in total. The standard InChI is InChI=1S/C10H9ClN4O/c1-7(14-15-5-12-13-6-15)9-4-8(11)2-3-10(9)16/h2-6,16H,1H3. The lowest BCUT2D eigenvalue weighted by Gasteiger charge is -2.04. The van der Waals surface area contributed by atoms with Gasteiger partial charge in [0.05, 0.1) is 5.71 Å². The summed E-state index contributed by atoms with van der Waals surface area (Å²) in [5.74, 6) is 0.138. The fourth-order valence-corrected chi connectivity index (χ4v) is 1.44. The first-order valence-electron chi connectivity index (χ1n) is 4.56. The fraction of sp³-hybridized carbons (Fsp3) is 0.100. The van der Waals surface area contributed by atoms with Gasteiger partial charge in [0.15, 0.2) is 0 Å². The van der Waals surface area contributed by atoms with Crippen LogP contribution in [0, 0.1) is 0 Å². The molecule has 0 unspecified atom stereocenters. The molecule has 1 aromatic carbocycles. The first kappa shape index (κ1) is 10.6. The van der Waals surface area contributed by atoms with Crippen molar-refractivity contribution in [1.29, 1.82) is 0 Å². The molecule has 1 aromatic heterocycles. The number of phenolic OH excluding ortho intramolecular Hbond substituents is 1. The van der Waals surface area contributed by atoms with Gasteiger partial charge in [0, 0.05) is 10.6 Å². The molecule has 2 aromatic rings. The van der Waals surface area contributed by atoms with Crippen LogP contribution >= 0.6 is 11.6 Å². The molecule has 16 heavy (non-hydrogen) atoms. The number of benzene rings is 1. The second-order valence-electron chi connectivity index (χ2n) is 3.19. The van der Waals surface area contributed by atoms with Crippen LogP contribution in [0.3, 0.4) is 0 Å². The number of hydrogen-bond acceptors (Lipinski definition) is 4. The minimum absolute atomic E-state index is 0.138. The maximum atomic E-state index is 9.65. The average molecular weight is 237 g/mol. The molecule has 0 radical (unpaired) electrons. The minimum atomic E-state index is 0.138. The summed E-state index contributed by atoms with van der Waals surface area (Å²) >= 11 is 5.85. The quantitative estimate of drug-likeness (QED) is 0.811. The third-order valence-corrected chi connectivity index (χ3v) is 2.26. The normalized spacial score (nSPS) is 11.8. The van der Waals surface area contributed by atoms with Gasteiger partial charge in [-0.15, -0.1) is 10.2 Å². The first-order valence-corrected chi connectivity index (χ1v) is 4.93. The van der Waals surface area contributed by atoms with Crippen LogP contribution in [0.25, 0.3) is 0 Å². The summed E-state index contributed by atoms with van der Waals surface area (Å²) in [6, 6.07) is 4.80. The number of aromatic hydroxyl groups is 1. The monoisotopic (exact) mass is 236 g/mol. The summed E-state index contributed by atoms with van der Waals surface area (Å²) < 4.78 is 1.45. The van der Waals surface area contributed by atoms with E-state index in [1.165, 1.54) is 23.4 Å². The van der Waals surface area contributed by atoms with E-state index in [1.54, 1.807) is 19.1 Å². The zero-order valence-corrected chi connectivity index (χ0v) is 9.26. The van der Waals surface area contributed by atoms with Crippen molar-refractivity contribution in [3.63, 3.8) is 0 Å². The largest absolute Gasteiger partial charge is 0.507 e. The molecule has 0 bridgehead atoms. The van der Waals surface area contributed by atoms with E-state index in [2.05, 4.69) is 15.3 Å². The van der Waals surface area contributed by atoms with Crippen molar-refractivity contribution in [2.75, 3.05) is 0 Å². The third kappa shape index (κ3) is 2.20. The molecule has 0 aliphatic heterocycles. The van der Waals surface area contributed by atoms with Gasteiger partial charge in [0.2, 0.25) is 0 Å². The van der Waals surface area contributed by atoms with E-state index in [0.29, 0.717) is 16.3 Å². The van der Waals surface area contributed by atoms with E-state index < -0.39 is 0 Å². The minimum Gasteiger partial charge on any atom is -0.507 e. The molecule has 0 fully saturated rings. The molecule has 0 aliphatic rings. The molecule has 0 saturated heterocycles. The summed E-state index contributed by atoms with van der Waals surface area (Å²) in [6.45, 7) is 1.77. The third-order valence-electron chi connectivity index (χ3n) is 2.02. The van der Waals surface area contributed by atoms with Gasteiger partial charge in [-0.25, -0.2) is 4.68 Å². The van der Waals surface area contributed by atoms with Crippen LogP contribution in [0.1, 0.15) is 12.5 Å². The van der Waals surface area contributed by atoms with Gasteiger partial charge in [0.1, 0.15) is 18.4 Å². The van der Waals surface area contributed by atoms with Crippen molar-refractivity contribution in [3.05, 3.63) is 41.4 Å². The molecule has 82 valence electrons. The van der Waals surface area contributed by atoms with Crippen LogP contribution in [0.2, 0.25) is 5.02 Å². The Bertz CT molecular complexity index is 522. The summed E-state index contributed by atoms with van der Waals surface area (Å²) in [7, 11) is 0. The average Bonchev–Trinajstić information content (AvgIpc) is 2.74. The second kappa shape index (κ2) is 4.32. The molecule has 0 amide bonds. The smallest absolute Gasteiger partial charge is 0.141 e. The Morgan fingerprint density at radius 3 is 2.75 bits per heavy atom. The van der Waals surface area contributed by atoms with Crippen LogP contribution in [0.15, 0.2) is 36.0 Å². The lowest BCUT2D eigenvalue weighted by Crippen LogP contribution is -1.98. The summed E-state index contributed by atoms with van der Waals surface area (Å²) in [6.07, 6.45) is 2.93. The van der Waals surface area contributed by atoms with Gasteiger partial charge in [-0.3, -0.25) is 0 Å². The topological polar surface area (TPSA) is 63.3 Å². The molecule has 0 aliphatic carbocycles. The summed E-state index contributed by atoms with van der Waals surface area (Å²) in [5, 5.41) is 21.6. The predicted molar refractivity (Wildman–Crippen MR) is 60.7 cm³/mol. The van der Waals surface area contributed by atoms with Crippen molar-refractivity contribution in [2.24, 2.45) is 5.10 Å². The zero-order valence-electron chi connectivity index (χ0n) is 8.50. The Hall–Kier alpha value is -1.88. The summed E-state index contributed by atoms with van der Waals surface area (Å²) in [4.78, 5) is 0. The number of rotatable bonds is 2. The lowest BCUT2D eigenvalue weighted by molar-refractivity contribution is 0.474. The number of aromatic nitrogens is 3. The number of nitrogens with zero attached hydrogens (tertiary/aromatic N) is 4. The number of hydrogen-bond donors (Lipinski definition) is 1. The molecule has 0 saturated carbocycles. The van der Waals surface area contributed by atoms with Gasteiger partial charge >= 0.3 is 0 Å². The first-order chi connectivity index (χ1) is 7.66. The molecule has 6 heteroatoms. The number of halogens is 1. The van der Waals surface area contributed by atoms with Crippen molar-refractivity contribution < 1.29 is 5.11 Å². The second-order valence-corrected chi connectivity index (χ2v) is 3.63. The van der Waals surface area contributed by atoms with Gasteiger partial charge in [0.25, 0.3) is 0 Å².